The Morgan fingerprint density at radius 1 is 1.03 bits per heavy atom. The van der Waals surface area contributed by atoms with Gasteiger partial charge < -0.3 is 15.5 Å². The molecule has 34 heavy (non-hydrogen) atoms. The summed E-state index contributed by atoms with van der Waals surface area (Å²) in [7, 11) is 1.53. The predicted octanol–water partition coefficient (Wildman–Crippen LogP) is 2.98. The number of aromatic nitrogens is 3. The van der Waals surface area contributed by atoms with Gasteiger partial charge in [0.25, 0.3) is 11.8 Å². The number of imidazole rings is 1. The Balaban J connectivity index is 1.44. The average Bonchev–Trinajstić information content (AvgIpc) is 3.50. The summed E-state index contributed by atoms with van der Waals surface area (Å²) in [6.07, 6.45) is 4.00. The predicted molar refractivity (Wildman–Crippen MR) is 125 cm³/mol. The maximum Gasteiger partial charge on any atom is 0.252 e. The molecule has 2 aromatic carbocycles. The first kappa shape index (κ1) is 21.6. The van der Waals surface area contributed by atoms with Gasteiger partial charge in [-0.15, -0.1) is 5.10 Å². The number of carbonyl (C=O) groups excluding carboxylic acids is 2. The molecule has 5 rings (SSSR count). The van der Waals surface area contributed by atoms with Crippen LogP contribution >= 0.6 is 0 Å². The molecule has 0 radical (unpaired) electrons. The largest absolute Gasteiger partial charge is 0.355 e. The van der Waals surface area contributed by atoms with Gasteiger partial charge in [-0.1, -0.05) is 24.3 Å². The minimum Gasteiger partial charge on any atom is -0.355 e. The Kier molecular flexibility index (Phi) is 5.67. The molecule has 172 valence electrons. The van der Waals surface area contributed by atoms with Gasteiger partial charge in [0, 0.05) is 32.0 Å². The molecule has 2 atom stereocenters. The van der Waals surface area contributed by atoms with Crippen molar-refractivity contribution in [2.45, 2.75) is 18.5 Å². The minimum absolute atomic E-state index is 0.191. The van der Waals surface area contributed by atoms with Crippen LogP contribution in [0.25, 0.3) is 5.65 Å². The van der Waals surface area contributed by atoms with E-state index in [0.29, 0.717) is 29.9 Å². The first-order chi connectivity index (χ1) is 16.5. The van der Waals surface area contributed by atoms with E-state index < -0.39 is 0 Å². The Morgan fingerprint density at radius 2 is 1.82 bits per heavy atom. The van der Waals surface area contributed by atoms with Crippen molar-refractivity contribution in [3.63, 3.8) is 0 Å². The number of hydrogen-bond acceptors (Lipinski definition) is 5. The molecule has 1 aliphatic heterocycles. The zero-order valence-corrected chi connectivity index (χ0v) is 18.5. The molecular formula is C25H23FN6O2. The maximum atomic E-state index is 14.0. The van der Waals surface area contributed by atoms with E-state index in [-0.39, 0.29) is 29.7 Å². The molecule has 0 aliphatic carbocycles. The van der Waals surface area contributed by atoms with Gasteiger partial charge in [-0.2, -0.15) is 0 Å². The first-order valence-electron chi connectivity index (χ1n) is 11.0. The van der Waals surface area contributed by atoms with Crippen LogP contribution in [0.1, 0.15) is 38.7 Å². The maximum absolute atomic E-state index is 14.0. The van der Waals surface area contributed by atoms with Crippen molar-refractivity contribution in [1.29, 1.82) is 0 Å². The molecule has 1 fully saturated rings. The first-order valence-corrected chi connectivity index (χ1v) is 11.0. The molecule has 1 unspecified atom stereocenters. The van der Waals surface area contributed by atoms with Crippen molar-refractivity contribution in [3.8, 4) is 0 Å². The molecular weight excluding hydrogens is 435 g/mol. The summed E-state index contributed by atoms with van der Waals surface area (Å²) < 4.78 is 15.7. The van der Waals surface area contributed by atoms with Gasteiger partial charge in [0.2, 0.25) is 0 Å². The highest BCUT2D eigenvalue weighted by atomic mass is 19.1. The molecule has 1 saturated heterocycles. The zero-order chi connectivity index (χ0) is 23.7. The number of halogens is 1. The average molecular weight is 458 g/mol. The van der Waals surface area contributed by atoms with Crippen LogP contribution in [0, 0.1) is 5.82 Å². The molecule has 1 aliphatic rings. The molecule has 4 aromatic rings. The van der Waals surface area contributed by atoms with Crippen LogP contribution in [0.15, 0.2) is 73.1 Å². The number of rotatable bonds is 5. The summed E-state index contributed by atoms with van der Waals surface area (Å²) in [6, 6.07) is 16.5. The quantitative estimate of drug-likeness (QED) is 0.480. The highest BCUT2D eigenvalue weighted by molar-refractivity contribution is 6.07. The Hall–Kier alpha value is -4.27. The zero-order valence-electron chi connectivity index (χ0n) is 18.5. The molecule has 0 bridgehead atoms. The van der Waals surface area contributed by atoms with Crippen LogP contribution in [0.5, 0.6) is 0 Å². The SMILES string of the molecule is CNC(=O)c1ccccc1C(=O)NC1C[C@H](c2cccc(F)c2)N(c2ccc3nccn3n2)C1. The topological polar surface area (TPSA) is 91.6 Å². The lowest BCUT2D eigenvalue weighted by Gasteiger charge is -2.25. The third-order valence-electron chi connectivity index (χ3n) is 6.05. The van der Waals surface area contributed by atoms with E-state index in [0.717, 1.165) is 11.2 Å². The summed E-state index contributed by atoms with van der Waals surface area (Å²) in [4.78, 5) is 31.6. The molecule has 2 aromatic heterocycles. The molecule has 0 saturated carbocycles. The third kappa shape index (κ3) is 4.07. The lowest BCUT2D eigenvalue weighted by molar-refractivity contribution is 0.0915. The Bertz CT molecular complexity index is 1370. The monoisotopic (exact) mass is 458 g/mol. The normalized spacial score (nSPS) is 17.6. The van der Waals surface area contributed by atoms with Gasteiger partial charge in [0.1, 0.15) is 11.6 Å². The van der Waals surface area contributed by atoms with E-state index in [1.54, 1.807) is 47.2 Å². The molecule has 3 heterocycles. The fraction of sp³-hybridized carbons (Fsp3) is 0.200. The second-order valence-electron chi connectivity index (χ2n) is 8.18. The summed E-state index contributed by atoms with van der Waals surface area (Å²) in [5.41, 5.74) is 2.14. The van der Waals surface area contributed by atoms with Gasteiger partial charge in [-0.25, -0.2) is 13.9 Å². The van der Waals surface area contributed by atoms with Gasteiger partial charge in [0.15, 0.2) is 5.65 Å². The van der Waals surface area contributed by atoms with Crippen LogP contribution < -0.4 is 15.5 Å². The number of benzene rings is 2. The van der Waals surface area contributed by atoms with Crippen molar-refractivity contribution in [1.82, 2.24) is 25.2 Å². The summed E-state index contributed by atoms with van der Waals surface area (Å²) in [6.45, 7) is 0.474. The standard InChI is InChI=1S/C25H23FN6O2/c1-27-24(33)19-7-2-3-8-20(19)25(34)29-18-14-21(16-5-4-6-17(26)13-16)31(15-18)23-10-9-22-28-11-12-32(22)30-23/h2-13,18,21H,14-15H2,1H3,(H,27,33)(H,29,34)/t18?,21-/m1/s1. The highest BCUT2D eigenvalue weighted by Crippen LogP contribution is 2.36. The van der Waals surface area contributed by atoms with Gasteiger partial charge in [-0.05, 0) is 48.4 Å². The van der Waals surface area contributed by atoms with E-state index in [9.17, 15) is 14.0 Å². The Labute approximate surface area is 195 Å². The lowest BCUT2D eigenvalue weighted by Crippen LogP contribution is -2.38. The highest BCUT2D eigenvalue weighted by Gasteiger charge is 2.35. The van der Waals surface area contributed by atoms with E-state index in [2.05, 4.69) is 25.6 Å². The van der Waals surface area contributed by atoms with Crippen molar-refractivity contribution in [2.75, 3.05) is 18.5 Å². The second kappa shape index (κ2) is 8.93. The second-order valence-corrected chi connectivity index (χ2v) is 8.18. The number of anilines is 1. The van der Waals surface area contributed by atoms with Crippen molar-refractivity contribution in [3.05, 3.63) is 95.6 Å². The molecule has 2 N–H and O–H groups in total. The van der Waals surface area contributed by atoms with Gasteiger partial charge >= 0.3 is 0 Å². The van der Waals surface area contributed by atoms with Crippen LogP contribution in [0.3, 0.4) is 0 Å². The lowest BCUT2D eigenvalue weighted by atomic mass is 10.0. The fourth-order valence-corrected chi connectivity index (χ4v) is 4.46. The van der Waals surface area contributed by atoms with Gasteiger partial charge in [-0.3, -0.25) is 9.59 Å². The van der Waals surface area contributed by atoms with E-state index >= 15 is 0 Å². The number of hydrogen-bond donors (Lipinski definition) is 2. The van der Waals surface area contributed by atoms with Crippen LogP contribution in [0.4, 0.5) is 10.2 Å². The number of nitrogens with one attached hydrogen (secondary N) is 2. The van der Waals surface area contributed by atoms with Gasteiger partial charge in [0.05, 0.1) is 17.2 Å². The smallest absolute Gasteiger partial charge is 0.252 e. The van der Waals surface area contributed by atoms with E-state index in [4.69, 9.17) is 0 Å². The van der Waals surface area contributed by atoms with Crippen molar-refractivity contribution in [2.24, 2.45) is 0 Å². The number of fused-ring (bicyclic) bond motifs is 1. The molecule has 0 spiro atoms. The number of amides is 2. The third-order valence-corrected chi connectivity index (χ3v) is 6.05. The van der Waals surface area contributed by atoms with Crippen LogP contribution in [-0.4, -0.2) is 46.0 Å². The summed E-state index contributed by atoms with van der Waals surface area (Å²) >= 11 is 0. The summed E-state index contributed by atoms with van der Waals surface area (Å²) in [5.74, 6) is -0.277. The van der Waals surface area contributed by atoms with E-state index in [1.807, 2.05) is 18.2 Å². The minimum atomic E-state index is -0.331. The molecule has 9 heteroatoms. The molecule has 2 amide bonds. The molecule has 8 nitrogen and oxygen atoms in total. The van der Waals surface area contributed by atoms with Crippen molar-refractivity contribution >= 4 is 23.3 Å². The number of carbonyl (C=O) groups is 2. The fourth-order valence-electron chi connectivity index (χ4n) is 4.46. The van der Waals surface area contributed by atoms with E-state index in [1.165, 1.54) is 19.2 Å². The number of nitrogens with zero attached hydrogens (tertiary/aromatic N) is 4. The van der Waals surface area contributed by atoms with Crippen molar-refractivity contribution < 1.29 is 14.0 Å². The Morgan fingerprint density at radius 3 is 2.59 bits per heavy atom. The summed E-state index contributed by atoms with van der Waals surface area (Å²) in [5, 5.41) is 10.3. The van der Waals surface area contributed by atoms with Crippen LogP contribution in [-0.2, 0) is 0 Å². The van der Waals surface area contributed by atoms with Crippen LogP contribution in [0.2, 0.25) is 0 Å².